The summed E-state index contributed by atoms with van der Waals surface area (Å²) in [5.74, 6) is -0.548. The summed E-state index contributed by atoms with van der Waals surface area (Å²) in [5.41, 5.74) is 0.521. The molecule has 0 spiro atoms. The number of hydrogen-bond donors (Lipinski definition) is 1. The van der Waals surface area contributed by atoms with Gasteiger partial charge in [0.15, 0.2) is 5.75 Å². The van der Waals surface area contributed by atoms with Crippen molar-refractivity contribution < 1.29 is 13.9 Å². The standard InChI is InChI=1S/C14H12ClFN2O2/c1-20-14-9(15)4-2-6-11(14)18-13(19)8-12-10(16)5-3-7-17-12/h2-7H,8H2,1H3,(H,18,19). The third-order valence-corrected chi connectivity index (χ3v) is 2.91. The van der Waals surface area contributed by atoms with E-state index in [1.165, 1.54) is 25.4 Å². The first-order chi connectivity index (χ1) is 9.61. The minimum atomic E-state index is -0.513. The highest BCUT2D eigenvalue weighted by Gasteiger charge is 2.13. The molecule has 2 aromatic rings. The van der Waals surface area contributed by atoms with Crippen LogP contribution in [0.2, 0.25) is 5.02 Å². The number of halogens is 2. The fraction of sp³-hybridized carbons (Fsp3) is 0.143. The van der Waals surface area contributed by atoms with E-state index in [4.69, 9.17) is 16.3 Å². The van der Waals surface area contributed by atoms with Crippen molar-refractivity contribution in [1.29, 1.82) is 0 Å². The molecule has 20 heavy (non-hydrogen) atoms. The zero-order valence-electron chi connectivity index (χ0n) is 10.7. The monoisotopic (exact) mass is 294 g/mol. The Balaban J connectivity index is 2.13. The van der Waals surface area contributed by atoms with Crippen LogP contribution in [0.15, 0.2) is 36.5 Å². The molecule has 1 aromatic carbocycles. The molecule has 104 valence electrons. The Labute approximate surface area is 120 Å². The second-order valence-corrected chi connectivity index (χ2v) is 4.38. The number of rotatable bonds is 4. The van der Waals surface area contributed by atoms with Gasteiger partial charge in [-0.05, 0) is 24.3 Å². The molecule has 6 heteroatoms. The number of amides is 1. The highest BCUT2D eigenvalue weighted by Crippen LogP contribution is 2.32. The SMILES string of the molecule is COc1c(Cl)cccc1NC(=O)Cc1ncccc1F. The summed E-state index contributed by atoms with van der Waals surface area (Å²) >= 11 is 5.95. The summed E-state index contributed by atoms with van der Waals surface area (Å²) in [5, 5.41) is 3.01. The summed E-state index contributed by atoms with van der Waals surface area (Å²) < 4.78 is 18.5. The Kier molecular flexibility index (Phi) is 4.53. The Morgan fingerprint density at radius 1 is 1.40 bits per heavy atom. The minimum Gasteiger partial charge on any atom is -0.493 e. The minimum absolute atomic E-state index is 0.0889. The van der Waals surface area contributed by atoms with E-state index in [2.05, 4.69) is 10.3 Å². The van der Waals surface area contributed by atoms with E-state index < -0.39 is 11.7 Å². The van der Waals surface area contributed by atoms with Crippen LogP contribution in [0.4, 0.5) is 10.1 Å². The van der Waals surface area contributed by atoms with Crippen molar-refractivity contribution in [2.24, 2.45) is 0 Å². The first-order valence-electron chi connectivity index (χ1n) is 5.83. The number of carbonyl (C=O) groups excluding carboxylic acids is 1. The van der Waals surface area contributed by atoms with Gasteiger partial charge >= 0.3 is 0 Å². The van der Waals surface area contributed by atoms with E-state index in [1.54, 1.807) is 18.2 Å². The molecule has 2 rings (SSSR count). The number of carbonyl (C=O) groups is 1. The fourth-order valence-electron chi connectivity index (χ4n) is 1.71. The van der Waals surface area contributed by atoms with Crippen LogP contribution in [0.3, 0.4) is 0 Å². The van der Waals surface area contributed by atoms with E-state index >= 15 is 0 Å². The van der Waals surface area contributed by atoms with Crippen LogP contribution in [0.1, 0.15) is 5.69 Å². The molecule has 1 aromatic heterocycles. The highest BCUT2D eigenvalue weighted by atomic mass is 35.5. The van der Waals surface area contributed by atoms with E-state index in [1.807, 2.05) is 0 Å². The topological polar surface area (TPSA) is 51.2 Å². The van der Waals surface area contributed by atoms with E-state index in [0.29, 0.717) is 16.5 Å². The summed E-state index contributed by atoms with van der Waals surface area (Å²) in [7, 11) is 1.45. The lowest BCUT2D eigenvalue weighted by atomic mass is 10.2. The van der Waals surface area contributed by atoms with Gasteiger partial charge in [0.2, 0.25) is 5.91 Å². The maximum Gasteiger partial charge on any atom is 0.230 e. The van der Waals surface area contributed by atoms with Crippen LogP contribution in [0.25, 0.3) is 0 Å². The molecule has 1 N–H and O–H groups in total. The lowest BCUT2D eigenvalue weighted by Gasteiger charge is -2.11. The van der Waals surface area contributed by atoms with Crippen LogP contribution >= 0.6 is 11.6 Å². The molecule has 0 saturated carbocycles. The van der Waals surface area contributed by atoms with Gasteiger partial charge < -0.3 is 10.1 Å². The number of pyridine rings is 1. The van der Waals surface area contributed by atoms with Crippen LogP contribution < -0.4 is 10.1 Å². The van der Waals surface area contributed by atoms with Crippen LogP contribution in [-0.2, 0) is 11.2 Å². The number of ether oxygens (including phenoxy) is 1. The van der Waals surface area contributed by atoms with Crippen molar-refractivity contribution in [3.63, 3.8) is 0 Å². The number of anilines is 1. The smallest absolute Gasteiger partial charge is 0.230 e. The number of hydrogen-bond acceptors (Lipinski definition) is 3. The second-order valence-electron chi connectivity index (χ2n) is 3.98. The summed E-state index contributed by atoms with van der Waals surface area (Å²) in [6, 6.07) is 7.71. The molecule has 1 amide bonds. The molecule has 0 bridgehead atoms. The molecule has 1 heterocycles. The van der Waals surface area contributed by atoms with Crippen LogP contribution in [0, 0.1) is 5.82 Å². The average Bonchev–Trinajstić information content (AvgIpc) is 2.42. The average molecular weight is 295 g/mol. The molecular weight excluding hydrogens is 283 g/mol. The molecule has 0 radical (unpaired) electrons. The van der Waals surface area contributed by atoms with Gasteiger partial charge in [0.05, 0.1) is 29.9 Å². The van der Waals surface area contributed by atoms with Crippen LogP contribution in [0.5, 0.6) is 5.75 Å². The number of nitrogens with one attached hydrogen (secondary N) is 1. The second kappa shape index (κ2) is 6.34. The Morgan fingerprint density at radius 2 is 2.20 bits per heavy atom. The van der Waals surface area contributed by atoms with Gasteiger partial charge in [-0.15, -0.1) is 0 Å². The summed E-state index contributed by atoms with van der Waals surface area (Å²) in [6.45, 7) is 0. The first-order valence-corrected chi connectivity index (χ1v) is 6.21. The van der Waals surface area contributed by atoms with E-state index in [-0.39, 0.29) is 12.1 Å². The maximum absolute atomic E-state index is 13.4. The van der Waals surface area contributed by atoms with Gasteiger partial charge in [-0.25, -0.2) is 4.39 Å². The number of aromatic nitrogens is 1. The lowest BCUT2D eigenvalue weighted by Crippen LogP contribution is -2.16. The van der Waals surface area contributed by atoms with Gasteiger partial charge in [-0.2, -0.15) is 0 Å². The van der Waals surface area contributed by atoms with Crippen molar-refractivity contribution in [1.82, 2.24) is 4.98 Å². The fourth-order valence-corrected chi connectivity index (χ4v) is 1.96. The molecule has 4 nitrogen and oxygen atoms in total. The molecule has 0 unspecified atom stereocenters. The number of methoxy groups -OCH3 is 1. The van der Waals surface area contributed by atoms with Crippen LogP contribution in [-0.4, -0.2) is 18.0 Å². The zero-order chi connectivity index (χ0) is 14.5. The van der Waals surface area contributed by atoms with Gasteiger partial charge in [-0.1, -0.05) is 17.7 Å². The predicted octanol–water partition coefficient (Wildman–Crippen LogP) is 3.06. The van der Waals surface area contributed by atoms with E-state index in [0.717, 1.165) is 0 Å². The first kappa shape index (κ1) is 14.3. The zero-order valence-corrected chi connectivity index (χ0v) is 11.4. The van der Waals surface area contributed by atoms with E-state index in [9.17, 15) is 9.18 Å². The van der Waals surface area contributed by atoms with Gasteiger partial charge in [0.25, 0.3) is 0 Å². The largest absolute Gasteiger partial charge is 0.493 e. The lowest BCUT2D eigenvalue weighted by molar-refractivity contribution is -0.115. The van der Waals surface area contributed by atoms with Crippen molar-refractivity contribution in [3.05, 3.63) is 53.1 Å². The molecular formula is C14H12ClFN2O2. The number of benzene rings is 1. The van der Waals surface area contributed by atoms with Gasteiger partial charge in [-0.3, -0.25) is 9.78 Å². The Morgan fingerprint density at radius 3 is 2.90 bits per heavy atom. The molecule has 0 aliphatic carbocycles. The predicted molar refractivity (Wildman–Crippen MR) is 74.5 cm³/mol. The number of para-hydroxylation sites is 1. The Hall–Kier alpha value is -2.14. The van der Waals surface area contributed by atoms with Gasteiger partial charge in [0.1, 0.15) is 5.82 Å². The Bertz CT molecular complexity index is 634. The van der Waals surface area contributed by atoms with Crippen molar-refractivity contribution in [3.8, 4) is 5.75 Å². The molecule has 0 atom stereocenters. The quantitative estimate of drug-likeness (QED) is 0.943. The molecule has 0 fully saturated rings. The normalized spacial score (nSPS) is 10.2. The third kappa shape index (κ3) is 3.24. The summed E-state index contributed by atoms with van der Waals surface area (Å²) in [4.78, 5) is 15.7. The number of nitrogens with zero attached hydrogens (tertiary/aromatic N) is 1. The van der Waals surface area contributed by atoms with Crippen molar-refractivity contribution in [2.75, 3.05) is 12.4 Å². The molecule has 0 aliphatic rings. The van der Waals surface area contributed by atoms with Gasteiger partial charge in [0, 0.05) is 6.20 Å². The summed E-state index contributed by atoms with van der Waals surface area (Å²) in [6.07, 6.45) is 1.27. The van der Waals surface area contributed by atoms with Crippen molar-refractivity contribution in [2.45, 2.75) is 6.42 Å². The third-order valence-electron chi connectivity index (χ3n) is 2.61. The molecule has 0 aliphatic heterocycles. The maximum atomic E-state index is 13.4. The highest BCUT2D eigenvalue weighted by molar-refractivity contribution is 6.32. The molecule has 0 saturated heterocycles. The van der Waals surface area contributed by atoms with Crippen molar-refractivity contribution >= 4 is 23.2 Å².